The van der Waals surface area contributed by atoms with Crippen molar-refractivity contribution in [3.05, 3.63) is 60.2 Å². The molecule has 0 amide bonds. The van der Waals surface area contributed by atoms with Crippen molar-refractivity contribution in [2.75, 3.05) is 0 Å². The van der Waals surface area contributed by atoms with E-state index in [1.54, 1.807) is 0 Å². The van der Waals surface area contributed by atoms with Crippen molar-refractivity contribution in [1.82, 2.24) is 0 Å². The van der Waals surface area contributed by atoms with Gasteiger partial charge in [0.05, 0.1) is 6.10 Å². The smallest absolute Gasteiger partial charge is 0.127 e. The van der Waals surface area contributed by atoms with Crippen LogP contribution in [0.25, 0.3) is 0 Å². The van der Waals surface area contributed by atoms with Gasteiger partial charge in [-0.1, -0.05) is 50.6 Å². The van der Waals surface area contributed by atoms with E-state index in [0.717, 1.165) is 29.9 Å². The molecule has 1 N–H and O–H groups in total. The maximum absolute atomic E-state index is 10.2. The molecule has 0 spiro atoms. The van der Waals surface area contributed by atoms with Gasteiger partial charge >= 0.3 is 0 Å². The SMILES string of the molecule is CCC(C)CC(O)c1ccc(Oc2ccccc2)cc1. The molecule has 0 aromatic heterocycles. The fraction of sp³-hybridized carbons (Fsp3) is 0.333. The molecule has 0 aliphatic heterocycles. The third kappa shape index (κ3) is 4.10. The van der Waals surface area contributed by atoms with Crippen LogP contribution in [0.3, 0.4) is 0 Å². The quantitative estimate of drug-likeness (QED) is 0.804. The lowest BCUT2D eigenvalue weighted by Gasteiger charge is -2.15. The Labute approximate surface area is 121 Å². The number of rotatable bonds is 6. The van der Waals surface area contributed by atoms with Crippen LogP contribution in [0.1, 0.15) is 38.4 Å². The van der Waals surface area contributed by atoms with Crippen molar-refractivity contribution in [3.8, 4) is 11.5 Å². The van der Waals surface area contributed by atoms with Gasteiger partial charge in [0.15, 0.2) is 0 Å². The summed E-state index contributed by atoms with van der Waals surface area (Å²) in [6.07, 6.45) is 1.50. The Kier molecular flexibility index (Phi) is 5.19. The average Bonchev–Trinajstić information content (AvgIpc) is 2.49. The van der Waals surface area contributed by atoms with E-state index < -0.39 is 6.10 Å². The summed E-state index contributed by atoms with van der Waals surface area (Å²) in [6.45, 7) is 4.31. The van der Waals surface area contributed by atoms with E-state index in [1.165, 1.54) is 0 Å². The molecule has 2 unspecified atom stereocenters. The second-order valence-electron chi connectivity index (χ2n) is 5.25. The lowest BCUT2D eigenvalue weighted by atomic mass is 9.96. The lowest BCUT2D eigenvalue weighted by Crippen LogP contribution is -2.03. The molecule has 2 heteroatoms. The number of hydrogen-bond donors (Lipinski definition) is 1. The van der Waals surface area contributed by atoms with Crippen LogP contribution in [-0.4, -0.2) is 5.11 Å². The molecule has 0 fully saturated rings. The number of benzene rings is 2. The molecular formula is C18H22O2. The van der Waals surface area contributed by atoms with Crippen LogP contribution in [0.5, 0.6) is 11.5 Å². The van der Waals surface area contributed by atoms with Gasteiger partial charge in [-0.3, -0.25) is 0 Å². The first-order valence-corrected chi connectivity index (χ1v) is 7.20. The molecule has 0 bridgehead atoms. The van der Waals surface area contributed by atoms with Gasteiger partial charge in [0.2, 0.25) is 0 Å². The van der Waals surface area contributed by atoms with Gasteiger partial charge in [0.25, 0.3) is 0 Å². The largest absolute Gasteiger partial charge is 0.457 e. The summed E-state index contributed by atoms with van der Waals surface area (Å²) < 4.78 is 5.73. The third-order valence-electron chi connectivity index (χ3n) is 3.57. The summed E-state index contributed by atoms with van der Waals surface area (Å²) in [7, 11) is 0. The highest BCUT2D eigenvalue weighted by Gasteiger charge is 2.11. The van der Waals surface area contributed by atoms with Gasteiger partial charge in [0.1, 0.15) is 11.5 Å². The van der Waals surface area contributed by atoms with Crippen molar-refractivity contribution in [2.45, 2.75) is 32.8 Å². The molecule has 2 aromatic rings. The molecule has 2 rings (SSSR count). The predicted molar refractivity (Wildman–Crippen MR) is 82.0 cm³/mol. The zero-order chi connectivity index (χ0) is 14.4. The van der Waals surface area contributed by atoms with Crippen molar-refractivity contribution in [3.63, 3.8) is 0 Å². The van der Waals surface area contributed by atoms with Gasteiger partial charge in [-0.25, -0.2) is 0 Å². The molecule has 0 saturated heterocycles. The van der Waals surface area contributed by atoms with Crippen LogP contribution >= 0.6 is 0 Å². The molecule has 0 saturated carbocycles. The number of aliphatic hydroxyl groups is 1. The van der Waals surface area contributed by atoms with Gasteiger partial charge in [-0.2, -0.15) is 0 Å². The highest BCUT2D eigenvalue weighted by molar-refractivity contribution is 5.33. The topological polar surface area (TPSA) is 29.5 Å². The van der Waals surface area contributed by atoms with E-state index in [2.05, 4.69) is 13.8 Å². The summed E-state index contributed by atoms with van der Waals surface area (Å²) in [5, 5.41) is 10.2. The monoisotopic (exact) mass is 270 g/mol. The first-order chi connectivity index (χ1) is 9.69. The minimum Gasteiger partial charge on any atom is -0.457 e. The Hall–Kier alpha value is -1.80. The Morgan fingerprint density at radius 2 is 1.55 bits per heavy atom. The van der Waals surface area contributed by atoms with E-state index in [4.69, 9.17) is 4.74 Å². The number of hydrogen-bond acceptors (Lipinski definition) is 2. The van der Waals surface area contributed by atoms with Crippen LogP contribution in [0.4, 0.5) is 0 Å². The van der Waals surface area contributed by atoms with E-state index >= 15 is 0 Å². The minimum absolute atomic E-state index is 0.393. The second kappa shape index (κ2) is 7.11. The standard InChI is InChI=1S/C18H22O2/c1-3-14(2)13-18(19)15-9-11-17(12-10-15)20-16-7-5-4-6-8-16/h4-12,14,18-19H,3,13H2,1-2H3. The summed E-state index contributed by atoms with van der Waals surface area (Å²) in [5.74, 6) is 2.14. The van der Waals surface area contributed by atoms with Crippen molar-refractivity contribution >= 4 is 0 Å². The second-order valence-corrected chi connectivity index (χ2v) is 5.25. The van der Waals surface area contributed by atoms with E-state index in [-0.39, 0.29) is 0 Å². The van der Waals surface area contributed by atoms with E-state index in [9.17, 15) is 5.11 Å². The van der Waals surface area contributed by atoms with Crippen molar-refractivity contribution in [1.29, 1.82) is 0 Å². The number of ether oxygens (including phenoxy) is 1. The predicted octanol–water partition coefficient (Wildman–Crippen LogP) is 4.95. The van der Waals surface area contributed by atoms with Gasteiger partial charge in [-0.15, -0.1) is 0 Å². The Morgan fingerprint density at radius 1 is 0.950 bits per heavy atom. The number of aliphatic hydroxyl groups excluding tert-OH is 1. The van der Waals surface area contributed by atoms with Gasteiger partial charge < -0.3 is 9.84 Å². The molecule has 0 aliphatic rings. The zero-order valence-corrected chi connectivity index (χ0v) is 12.1. The fourth-order valence-electron chi connectivity index (χ4n) is 2.07. The van der Waals surface area contributed by atoms with Crippen molar-refractivity contribution < 1.29 is 9.84 Å². The highest BCUT2D eigenvalue weighted by Crippen LogP contribution is 2.26. The van der Waals surface area contributed by atoms with Gasteiger partial charge in [0, 0.05) is 0 Å². The lowest BCUT2D eigenvalue weighted by molar-refractivity contribution is 0.146. The van der Waals surface area contributed by atoms with E-state index in [0.29, 0.717) is 5.92 Å². The molecule has 0 aliphatic carbocycles. The summed E-state index contributed by atoms with van der Waals surface area (Å²) in [4.78, 5) is 0. The minimum atomic E-state index is -0.393. The Morgan fingerprint density at radius 3 is 2.15 bits per heavy atom. The summed E-state index contributed by atoms with van der Waals surface area (Å²) in [5.41, 5.74) is 0.950. The molecule has 2 nitrogen and oxygen atoms in total. The first-order valence-electron chi connectivity index (χ1n) is 7.20. The molecule has 106 valence electrons. The average molecular weight is 270 g/mol. The molecule has 0 radical (unpaired) electrons. The van der Waals surface area contributed by atoms with Crippen LogP contribution in [0.2, 0.25) is 0 Å². The third-order valence-corrected chi connectivity index (χ3v) is 3.57. The maximum atomic E-state index is 10.2. The number of para-hydroxylation sites is 1. The van der Waals surface area contributed by atoms with Crippen LogP contribution in [-0.2, 0) is 0 Å². The molecule has 2 atom stereocenters. The summed E-state index contributed by atoms with van der Waals surface area (Å²) >= 11 is 0. The van der Waals surface area contributed by atoms with Gasteiger partial charge in [-0.05, 0) is 42.2 Å². The summed E-state index contributed by atoms with van der Waals surface area (Å²) in [6, 6.07) is 17.4. The normalized spacial score (nSPS) is 13.8. The Balaban J connectivity index is 1.99. The Bertz CT molecular complexity index is 505. The van der Waals surface area contributed by atoms with E-state index in [1.807, 2.05) is 54.6 Å². The molecule has 2 aromatic carbocycles. The molecule has 20 heavy (non-hydrogen) atoms. The molecule has 0 heterocycles. The first kappa shape index (κ1) is 14.6. The zero-order valence-electron chi connectivity index (χ0n) is 12.1. The fourth-order valence-corrected chi connectivity index (χ4v) is 2.07. The van der Waals surface area contributed by atoms with Crippen molar-refractivity contribution in [2.24, 2.45) is 5.92 Å². The van der Waals surface area contributed by atoms with Crippen LogP contribution in [0.15, 0.2) is 54.6 Å². The molecular weight excluding hydrogens is 248 g/mol. The van der Waals surface area contributed by atoms with Crippen LogP contribution < -0.4 is 4.74 Å². The van der Waals surface area contributed by atoms with Crippen LogP contribution in [0, 0.1) is 5.92 Å². The highest BCUT2D eigenvalue weighted by atomic mass is 16.5. The maximum Gasteiger partial charge on any atom is 0.127 e.